The number of hydrogen-bond donors (Lipinski definition) is 0. The highest BCUT2D eigenvalue weighted by atomic mass is 15.1. The fraction of sp³-hybridized carbons (Fsp3) is 0.138. The predicted octanol–water partition coefficient (Wildman–Crippen LogP) is 7.41. The number of benzene rings is 3. The molecular weight excluding hydrogens is 376 g/mol. The first-order valence-electron chi connectivity index (χ1n) is 11.0. The molecule has 4 aromatic rings. The molecule has 0 bridgehead atoms. The lowest BCUT2D eigenvalue weighted by Crippen LogP contribution is -2.32. The van der Waals surface area contributed by atoms with Gasteiger partial charge in [0.25, 0.3) is 0 Å². The number of anilines is 3. The largest absolute Gasteiger partial charge is 0.311 e. The minimum absolute atomic E-state index is 1.08. The van der Waals surface area contributed by atoms with Crippen molar-refractivity contribution >= 4 is 29.2 Å². The lowest BCUT2D eigenvalue weighted by molar-refractivity contribution is -0.697. The number of aryl methyl sites for hydroxylation is 1. The normalized spacial score (nSPS) is 11.0. The molecule has 2 heteroatoms. The van der Waals surface area contributed by atoms with E-state index in [1.54, 1.807) is 0 Å². The van der Waals surface area contributed by atoms with Gasteiger partial charge in [0.05, 0.1) is 0 Å². The first kappa shape index (κ1) is 20.6. The zero-order valence-corrected chi connectivity index (χ0v) is 18.1. The van der Waals surface area contributed by atoms with Crippen LogP contribution in [-0.4, -0.2) is 0 Å². The molecule has 0 saturated carbocycles. The standard InChI is InChI=1S/C29H29N2/c1-2-3-22-30-23-20-26(21-24-30)15-14-25-16-18-29(19-17-25)31(27-10-6-4-7-11-27)28-12-8-5-9-13-28/h4-21,23-24H,2-3,22H2,1H3/q+1. The molecule has 4 rings (SSSR count). The smallest absolute Gasteiger partial charge is 0.169 e. The molecule has 2 nitrogen and oxygen atoms in total. The van der Waals surface area contributed by atoms with Crippen molar-refractivity contribution in [3.63, 3.8) is 0 Å². The molecule has 1 aromatic heterocycles. The Morgan fingerprint density at radius 3 is 1.61 bits per heavy atom. The molecule has 1 heterocycles. The maximum atomic E-state index is 2.28. The van der Waals surface area contributed by atoms with Crippen LogP contribution in [0.3, 0.4) is 0 Å². The summed E-state index contributed by atoms with van der Waals surface area (Å²) < 4.78 is 2.25. The van der Waals surface area contributed by atoms with Crippen LogP contribution >= 0.6 is 0 Å². The van der Waals surface area contributed by atoms with Crippen molar-refractivity contribution in [1.82, 2.24) is 0 Å². The number of nitrogens with zero attached hydrogens (tertiary/aromatic N) is 2. The Morgan fingerprint density at radius 1 is 0.613 bits per heavy atom. The molecule has 0 aliphatic heterocycles. The van der Waals surface area contributed by atoms with Crippen molar-refractivity contribution in [3.8, 4) is 0 Å². The molecule has 0 N–H and O–H groups in total. The van der Waals surface area contributed by atoms with Crippen molar-refractivity contribution in [2.24, 2.45) is 0 Å². The van der Waals surface area contributed by atoms with Gasteiger partial charge in [-0.15, -0.1) is 0 Å². The summed E-state index contributed by atoms with van der Waals surface area (Å²) in [6.07, 6.45) is 11.1. The minimum atomic E-state index is 1.08. The average Bonchev–Trinajstić information content (AvgIpc) is 2.84. The van der Waals surface area contributed by atoms with Crippen LogP contribution in [0.4, 0.5) is 17.1 Å². The van der Waals surface area contributed by atoms with Crippen LogP contribution in [0, 0.1) is 0 Å². The van der Waals surface area contributed by atoms with E-state index in [1.807, 2.05) is 0 Å². The minimum Gasteiger partial charge on any atom is -0.311 e. The Hall–Kier alpha value is -3.65. The SMILES string of the molecule is CCCC[n+]1ccc(/C=C/c2ccc(N(c3ccccc3)c3ccccc3)cc2)cc1. The predicted molar refractivity (Wildman–Crippen MR) is 132 cm³/mol. The van der Waals surface area contributed by atoms with E-state index in [9.17, 15) is 0 Å². The lowest BCUT2D eigenvalue weighted by Gasteiger charge is -2.25. The monoisotopic (exact) mass is 405 g/mol. The van der Waals surface area contributed by atoms with Gasteiger partial charge in [0.15, 0.2) is 12.4 Å². The van der Waals surface area contributed by atoms with Gasteiger partial charge >= 0.3 is 0 Å². The first-order chi connectivity index (χ1) is 15.3. The van der Waals surface area contributed by atoms with Gasteiger partial charge in [0.1, 0.15) is 6.54 Å². The Kier molecular flexibility index (Phi) is 6.92. The molecule has 0 aliphatic rings. The van der Waals surface area contributed by atoms with Crippen molar-refractivity contribution < 1.29 is 4.57 Å². The number of aromatic nitrogens is 1. The van der Waals surface area contributed by atoms with Gasteiger partial charge in [-0.25, -0.2) is 4.57 Å². The van der Waals surface area contributed by atoms with Crippen molar-refractivity contribution in [2.75, 3.05) is 4.90 Å². The molecule has 0 amide bonds. The molecule has 3 aromatic carbocycles. The van der Waals surface area contributed by atoms with Crippen molar-refractivity contribution in [2.45, 2.75) is 26.3 Å². The average molecular weight is 406 g/mol. The summed E-state index contributed by atoms with van der Waals surface area (Å²) in [5.41, 5.74) is 5.85. The van der Waals surface area contributed by atoms with Gasteiger partial charge in [-0.3, -0.25) is 0 Å². The van der Waals surface area contributed by atoms with Crippen LogP contribution in [-0.2, 0) is 6.54 Å². The third-order valence-corrected chi connectivity index (χ3v) is 5.34. The van der Waals surface area contributed by atoms with E-state index in [0.29, 0.717) is 0 Å². The summed E-state index contributed by atoms with van der Waals surface area (Å²) in [4.78, 5) is 2.28. The second-order valence-electron chi connectivity index (χ2n) is 7.65. The van der Waals surface area contributed by atoms with Gasteiger partial charge in [-0.1, -0.05) is 74.0 Å². The van der Waals surface area contributed by atoms with Crippen LogP contribution in [0.1, 0.15) is 30.9 Å². The van der Waals surface area contributed by atoms with Gasteiger partial charge in [0, 0.05) is 35.6 Å². The fourth-order valence-corrected chi connectivity index (χ4v) is 3.60. The third kappa shape index (κ3) is 5.49. The Labute approximate surface area is 185 Å². The van der Waals surface area contributed by atoms with Crippen LogP contribution < -0.4 is 9.47 Å². The summed E-state index contributed by atoms with van der Waals surface area (Å²) in [6.45, 7) is 3.31. The number of hydrogen-bond acceptors (Lipinski definition) is 1. The van der Waals surface area contributed by atoms with E-state index in [2.05, 4.69) is 138 Å². The maximum absolute atomic E-state index is 2.28. The van der Waals surface area contributed by atoms with Crippen LogP contribution in [0.5, 0.6) is 0 Å². The molecule has 0 spiro atoms. The molecule has 0 radical (unpaired) electrons. The van der Waals surface area contributed by atoms with Crippen molar-refractivity contribution in [1.29, 1.82) is 0 Å². The number of pyridine rings is 1. The molecule has 0 aliphatic carbocycles. The molecule has 154 valence electrons. The zero-order chi connectivity index (χ0) is 21.3. The highest BCUT2D eigenvalue weighted by Gasteiger charge is 2.11. The van der Waals surface area contributed by atoms with Crippen LogP contribution in [0.25, 0.3) is 12.2 Å². The third-order valence-electron chi connectivity index (χ3n) is 5.34. The summed E-state index contributed by atoms with van der Waals surface area (Å²) in [5.74, 6) is 0. The highest BCUT2D eigenvalue weighted by Crippen LogP contribution is 2.34. The maximum Gasteiger partial charge on any atom is 0.169 e. The second-order valence-corrected chi connectivity index (χ2v) is 7.65. The van der Waals surface area contributed by atoms with E-state index in [-0.39, 0.29) is 0 Å². The van der Waals surface area contributed by atoms with Gasteiger partial charge in [0.2, 0.25) is 0 Å². The number of unbranched alkanes of at least 4 members (excludes halogenated alkanes) is 1. The number of para-hydroxylation sites is 2. The van der Waals surface area contributed by atoms with Crippen molar-refractivity contribution in [3.05, 3.63) is 121 Å². The molecular formula is C29H29N2+. The second kappa shape index (κ2) is 10.4. The molecule has 0 fully saturated rings. The summed E-state index contributed by atoms with van der Waals surface area (Å²) in [6, 6.07) is 34.0. The Morgan fingerprint density at radius 2 is 1.10 bits per heavy atom. The fourth-order valence-electron chi connectivity index (χ4n) is 3.60. The molecule has 0 unspecified atom stereocenters. The molecule has 31 heavy (non-hydrogen) atoms. The van der Waals surface area contributed by atoms with Gasteiger partial charge in [-0.2, -0.15) is 0 Å². The van der Waals surface area contributed by atoms with E-state index >= 15 is 0 Å². The highest BCUT2D eigenvalue weighted by molar-refractivity contribution is 5.77. The Bertz CT molecular complexity index is 1040. The van der Waals surface area contributed by atoms with E-state index < -0.39 is 0 Å². The summed E-state index contributed by atoms with van der Waals surface area (Å²) in [5, 5.41) is 0. The molecule has 0 saturated heterocycles. The summed E-state index contributed by atoms with van der Waals surface area (Å²) >= 11 is 0. The van der Waals surface area contributed by atoms with Gasteiger partial charge in [-0.05, 0) is 47.5 Å². The van der Waals surface area contributed by atoms with E-state index in [4.69, 9.17) is 0 Å². The summed E-state index contributed by atoms with van der Waals surface area (Å²) in [7, 11) is 0. The zero-order valence-electron chi connectivity index (χ0n) is 18.1. The number of rotatable bonds is 8. The quantitative estimate of drug-likeness (QED) is 0.277. The van der Waals surface area contributed by atoms with Gasteiger partial charge < -0.3 is 4.90 Å². The molecule has 0 atom stereocenters. The van der Waals surface area contributed by atoms with Crippen LogP contribution in [0.2, 0.25) is 0 Å². The topological polar surface area (TPSA) is 7.12 Å². The Balaban J connectivity index is 1.53. The van der Waals surface area contributed by atoms with E-state index in [0.717, 1.165) is 23.6 Å². The van der Waals surface area contributed by atoms with Crippen LogP contribution in [0.15, 0.2) is 109 Å². The van der Waals surface area contributed by atoms with E-state index in [1.165, 1.54) is 24.0 Å². The first-order valence-corrected chi connectivity index (χ1v) is 11.0. The lowest BCUT2D eigenvalue weighted by atomic mass is 10.1.